The number of nitrogens with zero attached hydrogens (tertiary/aromatic N) is 2. The van der Waals surface area contributed by atoms with Gasteiger partial charge in [-0.15, -0.1) is 0 Å². The van der Waals surface area contributed by atoms with Gasteiger partial charge in [0, 0.05) is 25.7 Å². The Morgan fingerprint density at radius 2 is 1.95 bits per heavy atom. The Labute approximate surface area is 117 Å². The summed E-state index contributed by atoms with van der Waals surface area (Å²) in [5.41, 5.74) is -1.72. The minimum absolute atomic E-state index is 0.223. The van der Waals surface area contributed by atoms with Crippen molar-refractivity contribution in [1.29, 1.82) is 0 Å². The minimum atomic E-state index is -1.39. The first kappa shape index (κ1) is 16.5. The molecule has 0 aliphatic rings. The van der Waals surface area contributed by atoms with Crippen LogP contribution in [0, 0.1) is 27.7 Å². The van der Waals surface area contributed by atoms with Gasteiger partial charge in [-0.25, -0.2) is 4.39 Å². The largest absolute Gasteiger partial charge is 0.481 e. The molecule has 1 rings (SSSR count). The van der Waals surface area contributed by atoms with E-state index in [1.807, 2.05) is 0 Å². The van der Waals surface area contributed by atoms with Gasteiger partial charge >= 0.3 is 11.7 Å². The van der Waals surface area contributed by atoms with Gasteiger partial charge in [0.2, 0.25) is 5.82 Å². The van der Waals surface area contributed by atoms with E-state index in [4.69, 9.17) is 5.11 Å². The van der Waals surface area contributed by atoms with Crippen molar-refractivity contribution < 1.29 is 28.4 Å². The number of nitro benzene ring substituents is 1. The van der Waals surface area contributed by atoms with E-state index in [2.05, 4.69) is 0 Å². The predicted octanol–water partition coefficient (Wildman–Crippen LogP) is 1.67. The molecule has 7 nitrogen and oxygen atoms in total. The second-order valence-corrected chi connectivity index (χ2v) is 4.47. The molecule has 1 atom stereocenters. The van der Waals surface area contributed by atoms with E-state index >= 15 is 0 Å². The molecule has 9 heteroatoms. The highest BCUT2D eigenvalue weighted by Crippen LogP contribution is 2.22. The maximum Gasteiger partial charge on any atom is 0.308 e. The van der Waals surface area contributed by atoms with Crippen molar-refractivity contribution >= 4 is 17.6 Å². The van der Waals surface area contributed by atoms with E-state index in [0.29, 0.717) is 6.07 Å². The molecule has 1 unspecified atom stereocenters. The molecule has 114 valence electrons. The van der Waals surface area contributed by atoms with Crippen molar-refractivity contribution in [2.75, 3.05) is 13.6 Å². The zero-order chi connectivity index (χ0) is 16.3. The Bertz CT molecular complexity index is 606. The highest BCUT2D eigenvalue weighted by Gasteiger charge is 2.25. The summed E-state index contributed by atoms with van der Waals surface area (Å²) >= 11 is 0. The van der Waals surface area contributed by atoms with E-state index in [1.165, 1.54) is 14.0 Å². The summed E-state index contributed by atoms with van der Waals surface area (Å²) in [5, 5.41) is 19.3. The second-order valence-electron chi connectivity index (χ2n) is 4.47. The summed E-state index contributed by atoms with van der Waals surface area (Å²) in [6.45, 7) is 1.12. The maximum absolute atomic E-state index is 13.6. The molecule has 0 aliphatic heterocycles. The number of hydrogen-bond donors (Lipinski definition) is 1. The third-order valence-electron chi connectivity index (χ3n) is 2.78. The van der Waals surface area contributed by atoms with Crippen LogP contribution in [0.4, 0.5) is 14.5 Å². The molecular weight excluding hydrogens is 290 g/mol. The van der Waals surface area contributed by atoms with Gasteiger partial charge in [-0.3, -0.25) is 19.7 Å². The average molecular weight is 302 g/mol. The van der Waals surface area contributed by atoms with Crippen LogP contribution in [0.15, 0.2) is 12.1 Å². The molecule has 0 aliphatic carbocycles. The van der Waals surface area contributed by atoms with Crippen molar-refractivity contribution in [3.8, 4) is 0 Å². The van der Waals surface area contributed by atoms with Crippen LogP contribution in [0.25, 0.3) is 0 Å². The molecule has 0 heterocycles. The highest BCUT2D eigenvalue weighted by atomic mass is 19.1. The van der Waals surface area contributed by atoms with Crippen LogP contribution in [-0.2, 0) is 4.79 Å². The summed E-state index contributed by atoms with van der Waals surface area (Å²) in [7, 11) is 1.22. The molecular formula is C12H12F2N2O5. The number of carbonyl (C=O) groups excluding carboxylic acids is 1. The van der Waals surface area contributed by atoms with E-state index in [1.54, 1.807) is 0 Å². The van der Waals surface area contributed by atoms with Crippen LogP contribution in [0.1, 0.15) is 17.3 Å². The Morgan fingerprint density at radius 3 is 2.43 bits per heavy atom. The summed E-state index contributed by atoms with van der Waals surface area (Å²) in [4.78, 5) is 33.1. The van der Waals surface area contributed by atoms with Crippen LogP contribution in [0.5, 0.6) is 0 Å². The number of nitro groups is 1. The molecule has 1 aromatic carbocycles. The number of carbonyl (C=O) groups is 2. The van der Waals surface area contributed by atoms with Crippen LogP contribution in [0.3, 0.4) is 0 Å². The molecule has 0 saturated carbocycles. The number of carboxylic acid groups (broad SMARTS) is 1. The zero-order valence-electron chi connectivity index (χ0n) is 11.2. The third kappa shape index (κ3) is 3.71. The van der Waals surface area contributed by atoms with Crippen LogP contribution in [-0.4, -0.2) is 40.4 Å². The van der Waals surface area contributed by atoms with E-state index in [0.717, 1.165) is 4.90 Å². The van der Waals surface area contributed by atoms with Crippen LogP contribution in [0.2, 0.25) is 0 Å². The van der Waals surface area contributed by atoms with Crippen molar-refractivity contribution in [1.82, 2.24) is 4.90 Å². The van der Waals surface area contributed by atoms with Crippen molar-refractivity contribution in [2.24, 2.45) is 5.92 Å². The third-order valence-corrected chi connectivity index (χ3v) is 2.78. The van der Waals surface area contributed by atoms with Gasteiger partial charge in [0.25, 0.3) is 5.91 Å². The first-order valence-corrected chi connectivity index (χ1v) is 5.76. The number of amides is 1. The van der Waals surface area contributed by atoms with Gasteiger partial charge < -0.3 is 10.0 Å². The van der Waals surface area contributed by atoms with Crippen LogP contribution >= 0.6 is 0 Å². The number of carboxylic acids is 1. The first-order chi connectivity index (χ1) is 9.65. The SMILES string of the molecule is CC(CN(C)C(=O)c1cc([N+](=O)[O-])c(F)cc1F)C(=O)O. The van der Waals surface area contributed by atoms with E-state index < -0.39 is 45.6 Å². The van der Waals surface area contributed by atoms with Crippen LogP contribution < -0.4 is 0 Å². The van der Waals surface area contributed by atoms with Gasteiger partial charge in [0.1, 0.15) is 5.82 Å². The molecule has 1 aromatic rings. The Kier molecular flexibility index (Phi) is 4.90. The molecule has 0 saturated heterocycles. The van der Waals surface area contributed by atoms with Crippen molar-refractivity contribution in [2.45, 2.75) is 6.92 Å². The molecule has 0 spiro atoms. The quantitative estimate of drug-likeness (QED) is 0.658. The number of rotatable bonds is 5. The molecule has 0 bridgehead atoms. The molecule has 0 radical (unpaired) electrons. The lowest BCUT2D eigenvalue weighted by atomic mass is 10.1. The standard InChI is InChI=1S/C12H12F2N2O5/c1-6(12(18)19)5-15(2)11(17)7-3-10(16(20)21)9(14)4-8(7)13/h3-4,6H,5H2,1-2H3,(H,18,19). The average Bonchev–Trinajstić information content (AvgIpc) is 2.37. The predicted molar refractivity (Wildman–Crippen MR) is 66.8 cm³/mol. The minimum Gasteiger partial charge on any atom is -0.481 e. The molecule has 0 aromatic heterocycles. The fraction of sp³-hybridized carbons (Fsp3) is 0.333. The first-order valence-electron chi connectivity index (χ1n) is 5.76. The lowest BCUT2D eigenvalue weighted by Gasteiger charge is -2.19. The topological polar surface area (TPSA) is 101 Å². The van der Waals surface area contributed by atoms with Gasteiger partial charge in [-0.1, -0.05) is 6.92 Å². The number of hydrogen-bond acceptors (Lipinski definition) is 4. The molecule has 0 fully saturated rings. The summed E-state index contributed by atoms with van der Waals surface area (Å²) in [6.07, 6.45) is 0. The second kappa shape index (κ2) is 6.25. The zero-order valence-corrected chi connectivity index (χ0v) is 11.2. The van der Waals surface area contributed by atoms with Gasteiger partial charge in [-0.05, 0) is 0 Å². The Hall–Kier alpha value is -2.58. The van der Waals surface area contributed by atoms with Gasteiger partial charge in [0.05, 0.1) is 16.4 Å². The lowest BCUT2D eigenvalue weighted by molar-refractivity contribution is -0.387. The fourth-order valence-electron chi connectivity index (χ4n) is 1.62. The summed E-state index contributed by atoms with van der Waals surface area (Å²) in [6, 6.07) is 0.745. The van der Waals surface area contributed by atoms with Crippen molar-refractivity contribution in [3.05, 3.63) is 39.4 Å². The van der Waals surface area contributed by atoms with E-state index in [9.17, 15) is 28.5 Å². The number of halogens is 2. The number of benzene rings is 1. The molecule has 1 amide bonds. The molecule has 21 heavy (non-hydrogen) atoms. The van der Waals surface area contributed by atoms with Crippen molar-refractivity contribution in [3.63, 3.8) is 0 Å². The fourth-order valence-corrected chi connectivity index (χ4v) is 1.62. The number of aliphatic carboxylic acids is 1. The maximum atomic E-state index is 13.6. The smallest absolute Gasteiger partial charge is 0.308 e. The summed E-state index contributed by atoms with van der Waals surface area (Å²) in [5.74, 6) is -5.67. The van der Waals surface area contributed by atoms with E-state index in [-0.39, 0.29) is 12.6 Å². The molecule has 1 N–H and O–H groups in total. The highest BCUT2D eigenvalue weighted by molar-refractivity contribution is 5.95. The van der Waals surface area contributed by atoms with Gasteiger partial charge in [0.15, 0.2) is 0 Å². The summed E-state index contributed by atoms with van der Waals surface area (Å²) < 4.78 is 26.8. The lowest BCUT2D eigenvalue weighted by Crippen LogP contribution is -2.34. The van der Waals surface area contributed by atoms with Gasteiger partial charge in [-0.2, -0.15) is 4.39 Å². The Balaban J connectivity index is 3.09. The monoisotopic (exact) mass is 302 g/mol. The Morgan fingerprint density at radius 1 is 1.38 bits per heavy atom. The normalized spacial score (nSPS) is 11.8.